The molecule has 0 saturated heterocycles. The standard InChI is InChI=1S/C10H14ClNOS/c1-8-2-3-9(10(11)6-8)7-14(13)5-4-12/h2-3,6H,4-5,7,12H2,1H3. The van der Waals surface area contributed by atoms with E-state index in [0.29, 0.717) is 23.1 Å². The van der Waals surface area contributed by atoms with Gasteiger partial charge in [-0.05, 0) is 24.1 Å². The summed E-state index contributed by atoms with van der Waals surface area (Å²) in [7, 11) is -0.897. The third-order valence-electron chi connectivity index (χ3n) is 1.87. The summed E-state index contributed by atoms with van der Waals surface area (Å²) >= 11 is 6.01. The number of rotatable bonds is 4. The van der Waals surface area contributed by atoms with Crippen molar-refractivity contribution in [1.29, 1.82) is 0 Å². The van der Waals surface area contributed by atoms with Crippen LogP contribution < -0.4 is 5.73 Å². The van der Waals surface area contributed by atoms with E-state index in [1.54, 1.807) is 0 Å². The Morgan fingerprint density at radius 3 is 2.79 bits per heavy atom. The van der Waals surface area contributed by atoms with Gasteiger partial charge in [-0.25, -0.2) is 0 Å². The minimum atomic E-state index is -0.897. The highest BCUT2D eigenvalue weighted by Crippen LogP contribution is 2.18. The van der Waals surface area contributed by atoms with Crippen LogP contribution in [0.25, 0.3) is 0 Å². The molecular formula is C10H14ClNOS. The molecule has 0 aliphatic rings. The molecule has 0 fully saturated rings. The molecule has 1 aromatic rings. The van der Waals surface area contributed by atoms with Crippen LogP contribution in [-0.2, 0) is 16.6 Å². The second-order valence-corrected chi connectivity index (χ2v) is 5.16. The third kappa shape index (κ3) is 3.40. The van der Waals surface area contributed by atoms with Crippen LogP contribution in [0.1, 0.15) is 11.1 Å². The minimum absolute atomic E-state index is 0.454. The molecule has 2 nitrogen and oxygen atoms in total. The Kier molecular flexibility index (Phi) is 4.58. The molecule has 0 aromatic heterocycles. The van der Waals surface area contributed by atoms with E-state index < -0.39 is 10.8 Å². The summed E-state index contributed by atoms with van der Waals surface area (Å²) in [6, 6.07) is 5.78. The first kappa shape index (κ1) is 11.7. The molecule has 0 aliphatic heterocycles. The molecule has 14 heavy (non-hydrogen) atoms. The first-order chi connectivity index (χ1) is 6.63. The SMILES string of the molecule is Cc1ccc(CS(=O)CCN)c(Cl)c1. The van der Waals surface area contributed by atoms with Gasteiger partial charge >= 0.3 is 0 Å². The van der Waals surface area contributed by atoms with Crippen LogP contribution in [0.3, 0.4) is 0 Å². The number of benzene rings is 1. The van der Waals surface area contributed by atoms with Crippen molar-refractivity contribution in [3.63, 3.8) is 0 Å². The molecule has 0 aliphatic carbocycles. The molecule has 78 valence electrons. The molecule has 1 atom stereocenters. The van der Waals surface area contributed by atoms with Crippen molar-refractivity contribution in [3.8, 4) is 0 Å². The number of halogens is 1. The summed E-state index contributed by atoms with van der Waals surface area (Å²) in [5.41, 5.74) is 7.37. The van der Waals surface area contributed by atoms with Crippen molar-refractivity contribution in [2.75, 3.05) is 12.3 Å². The molecule has 4 heteroatoms. The number of nitrogens with two attached hydrogens (primary N) is 1. The van der Waals surface area contributed by atoms with Crippen LogP contribution in [-0.4, -0.2) is 16.5 Å². The lowest BCUT2D eigenvalue weighted by molar-refractivity contribution is 0.682. The van der Waals surface area contributed by atoms with Crippen molar-refractivity contribution in [2.24, 2.45) is 5.73 Å². The fraction of sp³-hybridized carbons (Fsp3) is 0.400. The largest absolute Gasteiger partial charge is 0.330 e. The summed E-state index contributed by atoms with van der Waals surface area (Å²) in [6.45, 7) is 2.43. The van der Waals surface area contributed by atoms with Gasteiger partial charge < -0.3 is 5.73 Å². The van der Waals surface area contributed by atoms with Gasteiger partial charge in [0, 0.05) is 28.1 Å². The van der Waals surface area contributed by atoms with Gasteiger partial charge in [-0.1, -0.05) is 23.7 Å². The van der Waals surface area contributed by atoms with Gasteiger partial charge in [-0.2, -0.15) is 0 Å². The van der Waals surface area contributed by atoms with E-state index in [0.717, 1.165) is 11.1 Å². The maximum atomic E-state index is 11.4. The van der Waals surface area contributed by atoms with Gasteiger partial charge in [0.15, 0.2) is 0 Å². The molecule has 0 saturated carbocycles. The van der Waals surface area contributed by atoms with Gasteiger partial charge in [0.1, 0.15) is 0 Å². The predicted octanol–water partition coefficient (Wildman–Crippen LogP) is 1.86. The molecule has 1 rings (SSSR count). The van der Waals surface area contributed by atoms with Crippen LogP contribution in [0.2, 0.25) is 5.02 Å². The van der Waals surface area contributed by atoms with Crippen LogP contribution >= 0.6 is 11.6 Å². The monoisotopic (exact) mass is 231 g/mol. The Morgan fingerprint density at radius 2 is 2.21 bits per heavy atom. The van der Waals surface area contributed by atoms with E-state index in [2.05, 4.69) is 0 Å². The quantitative estimate of drug-likeness (QED) is 0.860. The molecule has 2 N–H and O–H groups in total. The Balaban J connectivity index is 2.72. The number of hydrogen-bond donors (Lipinski definition) is 1. The molecular weight excluding hydrogens is 218 g/mol. The fourth-order valence-corrected chi connectivity index (χ4v) is 2.53. The lowest BCUT2D eigenvalue weighted by Gasteiger charge is -2.04. The first-order valence-electron chi connectivity index (χ1n) is 4.43. The molecule has 0 heterocycles. The van der Waals surface area contributed by atoms with Gasteiger partial charge in [-0.15, -0.1) is 0 Å². The first-order valence-corrected chi connectivity index (χ1v) is 6.30. The summed E-state index contributed by atoms with van der Waals surface area (Å²) < 4.78 is 11.4. The normalized spacial score (nSPS) is 12.8. The highest BCUT2D eigenvalue weighted by atomic mass is 35.5. The maximum absolute atomic E-state index is 11.4. The predicted molar refractivity (Wildman–Crippen MR) is 62.0 cm³/mol. The third-order valence-corrected chi connectivity index (χ3v) is 3.55. The smallest absolute Gasteiger partial charge is 0.0500 e. The second-order valence-electron chi connectivity index (χ2n) is 3.17. The number of aryl methyl sites for hydroxylation is 1. The van der Waals surface area contributed by atoms with Gasteiger partial charge in [0.2, 0.25) is 0 Å². The van der Waals surface area contributed by atoms with Crippen molar-refractivity contribution < 1.29 is 4.21 Å². The van der Waals surface area contributed by atoms with E-state index in [1.165, 1.54) is 0 Å². The average Bonchev–Trinajstić information content (AvgIpc) is 2.10. The molecule has 1 aromatic carbocycles. The molecule has 0 amide bonds. The zero-order valence-corrected chi connectivity index (χ0v) is 9.70. The van der Waals surface area contributed by atoms with Gasteiger partial charge in [0.25, 0.3) is 0 Å². The minimum Gasteiger partial charge on any atom is -0.330 e. The second kappa shape index (κ2) is 5.49. The van der Waals surface area contributed by atoms with Crippen LogP contribution in [0.15, 0.2) is 18.2 Å². The van der Waals surface area contributed by atoms with Crippen LogP contribution in [0.5, 0.6) is 0 Å². The average molecular weight is 232 g/mol. The van der Waals surface area contributed by atoms with Gasteiger partial charge in [0.05, 0.1) is 5.75 Å². The molecule has 0 bridgehead atoms. The van der Waals surface area contributed by atoms with Crippen molar-refractivity contribution in [1.82, 2.24) is 0 Å². The van der Waals surface area contributed by atoms with Crippen LogP contribution in [0.4, 0.5) is 0 Å². The summed E-state index contributed by atoms with van der Waals surface area (Å²) in [6.07, 6.45) is 0. The maximum Gasteiger partial charge on any atom is 0.0500 e. The molecule has 0 spiro atoms. The van der Waals surface area contributed by atoms with E-state index in [9.17, 15) is 4.21 Å². The Hall–Kier alpha value is -0.380. The summed E-state index contributed by atoms with van der Waals surface area (Å²) in [5.74, 6) is 1.03. The Bertz CT molecular complexity index is 341. The van der Waals surface area contributed by atoms with E-state index in [1.807, 2.05) is 25.1 Å². The van der Waals surface area contributed by atoms with Gasteiger partial charge in [-0.3, -0.25) is 4.21 Å². The summed E-state index contributed by atoms with van der Waals surface area (Å²) in [5, 5.41) is 0.690. The van der Waals surface area contributed by atoms with Crippen molar-refractivity contribution in [3.05, 3.63) is 34.3 Å². The Labute approximate surface area is 91.9 Å². The zero-order valence-electron chi connectivity index (χ0n) is 8.13. The summed E-state index contributed by atoms with van der Waals surface area (Å²) in [4.78, 5) is 0. The lowest BCUT2D eigenvalue weighted by Crippen LogP contribution is -2.11. The van der Waals surface area contributed by atoms with Crippen molar-refractivity contribution >= 4 is 22.4 Å². The van der Waals surface area contributed by atoms with E-state index in [-0.39, 0.29) is 0 Å². The Morgan fingerprint density at radius 1 is 1.50 bits per heavy atom. The van der Waals surface area contributed by atoms with Crippen molar-refractivity contribution in [2.45, 2.75) is 12.7 Å². The van der Waals surface area contributed by atoms with Crippen LogP contribution in [0, 0.1) is 6.92 Å². The lowest BCUT2D eigenvalue weighted by atomic mass is 10.2. The van der Waals surface area contributed by atoms with E-state index >= 15 is 0 Å². The fourth-order valence-electron chi connectivity index (χ4n) is 1.15. The zero-order chi connectivity index (χ0) is 10.6. The topological polar surface area (TPSA) is 43.1 Å². The molecule has 1 unspecified atom stereocenters. The van der Waals surface area contributed by atoms with E-state index in [4.69, 9.17) is 17.3 Å². The number of hydrogen-bond acceptors (Lipinski definition) is 2. The highest BCUT2D eigenvalue weighted by Gasteiger charge is 2.04. The molecule has 0 radical (unpaired) electrons. The highest BCUT2D eigenvalue weighted by molar-refractivity contribution is 7.84.